The zero-order valence-electron chi connectivity index (χ0n) is 26.2. The molecule has 0 saturated heterocycles. The second kappa shape index (κ2) is 13.9. The van der Waals surface area contributed by atoms with Crippen molar-refractivity contribution in [1.29, 1.82) is 0 Å². The molecule has 0 fully saturated rings. The molecule has 6 aromatic rings. The lowest BCUT2D eigenvalue weighted by Crippen LogP contribution is -2.16. The minimum atomic E-state index is -0.597. The van der Waals surface area contributed by atoms with Crippen molar-refractivity contribution in [2.24, 2.45) is 0 Å². The molecule has 3 aromatic carbocycles. The molecule has 0 amide bonds. The van der Waals surface area contributed by atoms with Crippen LogP contribution in [0.2, 0.25) is 20.2 Å². The van der Waals surface area contributed by atoms with E-state index in [0.29, 0.717) is 39.5 Å². The highest BCUT2D eigenvalue weighted by atomic mass is 35.5. The average Bonchev–Trinajstić information content (AvgIpc) is 3.84. The number of benzene rings is 3. The zero-order valence-corrected chi connectivity index (χ0v) is 29.2. The molecule has 0 spiro atoms. The molecule has 6 rings (SSSR count). The van der Waals surface area contributed by atoms with Gasteiger partial charge in [-0.05, 0) is 77.6 Å². The van der Waals surface area contributed by atoms with Crippen LogP contribution in [0.4, 0.5) is 8.78 Å². The van der Waals surface area contributed by atoms with Gasteiger partial charge in [0, 0.05) is 16.1 Å². The van der Waals surface area contributed by atoms with Crippen LogP contribution in [0.15, 0.2) is 61.3 Å². The third-order valence-electron chi connectivity index (χ3n) is 8.27. The first-order valence-corrected chi connectivity index (χ1v) is 16.6. The van der Waals surface area contributed by atoms with Crippen molar-refractivity contribution in [1.82, 2.24) is 45.0 Å². The third-order valence-corrected chi connectivity index (χ3v) is 9.23. The van der Waals surface area contributed by atoms with Gasteiger partial charge in [-0.2, -0.15) is 0 Å². The molecule has 0 aliphatic rings. The Kier molecular flexibility index (Phi) is 9.85. The molecule has 248 valence electrons. The zero-order chi connectivity index (χ0) is 34.3. The van der Waals surface area contributed by atoms with Crippen LogP contribution in [-0.2, 0) is 12.8 Å². The Balaban J connectivity index is 1.48. The van der Waals surface area contributed by atoms with Gasteiger partial charge in [0.2, 0.25) is 0 Å². The molecule has 0 saturated carbocycles. The second-order valence-electron chi connectivity index (χ2n) is 11.9. The van der Waals surface area contributed by atoms with Crippen molar-refractivity contribution in [3.05, 3.63) is 121 Å². The summed E-state index contributed by atoms with van der Waals surface area (Å²) in [7, 11) is 0. The van der Waals surface area contributed by atoms with Crippen LogP contribution in [0.25, 0.3) is 17.1 Å². The summed E-state index contributed by atoms with van der Waals surface area (Å²) in [6, 6.07) is 8.71. The maximum Gasteiger partial charge on any atom is 0.171 e. The summed E-state index contributed by atoms with van der Waals surface area (Å²) in [4.78, 5) is 0. The van der Waals surface area contributed by atoms with Gasteiger partial charge in [0.05, 0.1) is 58.1 Å². The van der Waals surface area contributed by atoms with Gasteiger partial charge in [0.25, 0.3) is 0 Å². The van der Waals surface area contributed by atoms with Crippen molar-refractivity contribution in [3.63, 3.8) is 0 Å². The molecule has 9 nitrogen and oxygen atoms in total. The van der Waals surface area contributed by atoms with Gasteiger partial charge in [-0.3, -0.25) is 0 Å². The highest BCUT2D eigenvalue weighted by molar-refractivity contribution is 6.31. The van der Waals surface area contributed by atoms with Crippen LogP contribution in [0.3, 0.4) is 0 Å². The fourth-order valence-corrected chi connectivity index (χ4v) is 7.00. The summed E-state index contributed by atoms with van der Waals surface area (Å²) in [5, 5.41) is 25.0. The Morgan fingerprint density at radius 1 is 0.688 bits per heavy atom. The first kappa shape index (κ1) is 34.0. The van der Waals surface area contributed by atoms with Gasteiger partial charge >= 0.3 is 0 Å². The van der Waals surface area contributed by atoms with Crippen molar-refractivity contribution in [2.75, 3.05) is 0 Å². The van der Waals surface area contributed by atoms with Crippen molar-refractivity contribution >= 4 is 46.4 Å². The van der Waals surface area contributed by atoms with E-state index in [-0.39, 0.29) is 33.5 Å². The Morgan fingerprint density at radius 3 is 1.83 bits per heavy atom. The second-order valence-corrected chi connectivity index (χ2v) is 13.6. The maximum absolute atomic E-state index is 16.4. The minimum absolute atomic E-state index is 0.0474. The fourth-order valence-electron chi connectivity index (χ4n) is 6.23. The first-order valence-electron chi connectivity index (χ1n) is 15.1. The van der Waals surface area contributed by atoms with E-state index < -0.39 is 17.6 Å². The molecule has 15 heteroatoms. The Hall–Kier alpha value is -3.90. The highest BCUT2D eigenvalue weighted by Crippen LogP contribution is 2.41. The van der Waals surface area contributed by atoms with E-state index >= 15 is 8.78 Å². The summed E-state index contributed by atoms with van der Waals surface area (Å²) in [6.45, 7) is 7.61. The van der Waals surface area contributed by atoms with E-state index in [1.54, 1.807) is 40.1 Å². The van der Waals surface area contributed by atoms with Crippen molar-refractivity contribution in [3.8, 4) is 17.1 Å². The van der Waals surface area contributed by atoms with E-state index in [1.807, 2.05) is 39.8 Å². The topological polar surface area (TPSA) is 92.1 Å². The van der Waals surface area contributed by atoms with Crippen LogP contribution in [0.5, 0.6) is 0 Å². The molecule has 0 N–H and O–H groups in total. The third kappa shape index (κ3) is 6.56. The molecule has 3 heterocycles. The number of hydrogen-bond acceptors (Lipinski definition) is 6. The first-order chi connectivity index (χ1) is 22.9. The van der Waals surface area contributed by atoms with Gasteiger partial charge in [-0.25, -0.2) is 22.8 Å². The number of rotatable bonds is 10. The molecule has 2 unspecified atom stereocenters. The highest BCUT2D eigenvalue weighted by Gasteiger charge is 2.29. The molecule has 0 aliphatic heterocycles. The molecule has 0 bridgehead atoms. The lowest BCUT2D eigenvalue weighted by Gasteiger charge is -2.25. The fraction of sp³-hybridized carbons (Fsp3) is 0.273. The Bertz CT molecular complexity index is 2080. The van der Waals surface area contributed by atoms with E-state index in [9.17, 15) is 0 Å². The normalized spacial score (nSPS) is 13.0. The van der Waals surface area contributed by atoms with Gasteiger partial charge in [0.15, 0.2) is 5.15 Å². The number of halogens is 6. The van der Waals surface area contributed by atoms with Crippen molar-refractivity contribution < 1.29 is 8.78 Å². The van der Waals surface area contributed by atoms with E-state index in [1.165, 1.54) is 23.1 Å². The Morgan fingerprint density at radius 2 is 1.27 bits per heavy atom. The molecule has 2 atom stereocenters. The van der Waals surface area contributed by atoms with Crippen LogP contribution < -0.4 is 0 Å². The van der Waals surface area contributed by atoms with Gasteiger partial charge in [-0.15, -0.1) is 15.3 Å². The number of nitrogens with zero attached hydrogens (tertiary/aromatic N) is 9. The lowest BCUT2D eigenvalue weighted by atomic mass is 9.85. The summed E-state index contributed by atoms with van der Waals surface area (Å²) in [6.07, 6.45) is 8.68. The van der Waals surface area contributed by atoms with Crippen molar-refractivity contribution in [2.45, 2.75) is 58.3 Å². The molecule has 48 heavy (non-hydrogen) atoms. The SMILES string of the molecule is CC(C)c1c(F)c(Cl)cc(CC(C)c2c(F)c(Cl)cc(CC(C)c3cc(Cl)ccc3-n3ccnn3)c2-n2ccnn2)c1-n1cc(Cl)nn1. The standard InChI is InChI=1S/C33H29Cl4F2N9/c1-17(2)28-30(38)24(35)14-21(32(28)48-16-27(37)42-45-48)12-19(4)29-31(39)25(36)13-20(33(29)47-10-8-41-44-47)11-18(3)23-15-22(34)5-6-26(23)46-9-7-40-43-46/h5-10,13-19H,11-12H2,1-4H3. The smallest absolute Gasteiger partial charge is 0.171 e. The van der Waals surface area contributed by atoms with Gasteiger partial charge in [-0.1, -0.05) is 89.7 Å². The summed E-state index contributed by atoms with van der Waals surface area (Å²) in [5.74, 6) is -2.09. The monoisotopic (exact) mass is 729 g/mol. The van der Waals surface area contributed by atoms with Crippen LogP contribution in [0.1, 0.15) is 73.3 Å². The maximum atomic E-state index is 16.4. The van der Waals surface area contributed by atoms with Gasteiger partial charge < -0.3 is 0 Å². The number of aromatic nitrogens is 9. The van der Waals surface area contributed by atoms with E-state index in [4.69, 9.17) is 46.4 Å². The van der Waals surface area contributed by atoms with Crippen LogP contribution >= 0.6 is 46.4 Å². The number of hydrogen-bond donors (Lipinski definition) is 0. The molecular formula is C33H29Cl4F2N9. The minimum Gasteiger partial charge on any atom is -0.220 e. The molecule has 0 radical (unpaired) electrons. The average molecular weight is 731 g/mol. The van der Waals surface area contributed by atoms with Crippen LogP contribution in [0, 0.1) is 11.6 Å². The van der Waals surface area contributed by atoms with Crippen LogP contribution in [-0.4, -0.2) is 45.0 Å². The molecule has 3 aromatic heterocycles. The summed E-state index contributed by atoms with van der Waals surface area (Å²) >= 11 is 25.7. The predicted molar refractivity (Wildman–Crippen MR) is 182 cm³/mol. The predicted octanol–water partition coefficient (Wildman–Crippen LogP) is 9.14. The van der Waals surface area contributed by atoms with E-state index in [2.05, 4.69) is 30.9 Å². The molecule has 0 aliphatic carbocycles. The van der Waals surface area contributed by atoms with E-state index in [0.717, 1.165) is 16.8 Å². The van der Waals surface area contributed by atoms with Gasteiger partial charge in [0.1, 0.15) is 11.6 Å². The Labute approximate surface area is 295 Å². The quantitative estimate of drug-likeness (QED) is 0.140. The lowest BCUT2D eigenvalue weighted by molar-refractivity contribution is 0.573. The summed E-state index contributed by atoms with van der Waals surface area (Å²) < 4.78 is 36.5. The largest absolute Gasteiger partial charge is 0.220 e. The molecular weight excluding hydrogens is 702 g/mol. The summed E-state index contributed by atoms with van der Waals surface area (Å²) in [5.41, 5.74) is 4.66.